The van der Waals surface area contributed by atoms with E-state index >= 15 is 0 Å². The number of nitrogens with zero attached hydrogens (tertiary/aromatic N) is 3. The van der Waals surface area contributed by atoms with Crippen molar-refractivity contribution in [2.45, 2.75) is 0 Å². The highest BCUT2D eigenvalue weighted by Gasteiger charge is 2.10. The highest BCUT2D eigenvalue weighted by Crippen LogP contribution is 2.28. The summed E-state index contributed by atoms with van der Waals surface area (Å²) in [6.07, 6.45) is 4.93. The molecule has 0 aliphatic heterocycles. The van der Waals surface area contributed by atoms with Gasteiger partial charge in [-0.3, -0.25) is 15.1 Å². The molecule has 0 saturated heterocycles. The molecule has 0 aliphatic rings. The van der Waals surface area contributed by atoms with Gasteiger partial charge in [-0.1, -0.05) is 18.2 Å². The van der Waals surface area contributed by atoms with Crippen LogP contribution in [0, 0.1) is 13.7 Å². The quantitative estimate of drug-likeness (QED) is 0.138. The van der Waals surface area contributed by atoms with Crippen molar-refractivity contribution < 1.29 is 9.34 Å². The number of nitro groups is 1. The number of allylic oxidation sites excluding steroid dienone is 1. The molecule has 142 valence electrons. The van der Waals surface area contributed by atoms with Gasteiger partial charge in [-0.15, -0.1) is 0 Å². The second-order valence-corrected chi connectivity index (χ2v) is 7.38. The van der Waals surface area contributed by atoms with Crippen molar-refractivity contribution in [3.05, 3.63) is 92.1 Å². The fourth-order valence-corrected chi connectivity index (χ4v) is 3.35. The maximum Gasteiger partial charge on any atom is 0.276 e. The Morgan fingerprint density at radius 2 is 1.93 bits per heavy atom. The molecule has 0 fully saturated rings. The summed E-state index contributed by atoms with van der Waals surface area (Å²) in [7, 11) is 0. The first-order valence-electron chi connectivity index (χ1n) is 8.71. The molecule has 29 heavy (non-hydrogen) atoms. The molecule has 0 amide bonds. The molecule has 4 rings (SSSR count). The van der Waals surface area contributed by atoms with Crippen LogP contribution in [-0.2, 0) is 0 Å². The molecule has 0 unspecified atom stereocenters. The van der Waals surface area contributed by atoms with Gasteiger partial charge in [0, 0.05) is 21.4 Å². The van der Waals surface area contributed by atoms with E-state index < -0.39 is 4.92 Å². The van der Waals surface area contributed by atoms with Crippen LogP contribution in [0.25, 0.3) is 28.6 Å². The number of fused-ring (bicyclic) bond motifs is 1. The van der Waals surface area contributed by atoms with Gasteiger partial charge >= 0.3 is 0 Å². The predicted molar refractivity (Wildman–Crippen MR) is 122 cm³/mol. The Hall–Kier alpha value is -3.33. The van der Waals surface area contributed by atoms with Crippen molar-refractivity contribution in [1.82, 2.24) is 4.98 Å². The summed E-state index contributed by atoms with van der Waals surface area (Å²) in [5.74, 6) is 0.566. The largest absolute Gasteiger partial charge is 0.436 e. The average molecular weight is 495 g/mol. The van der Waals surface area contributed by atoms with Gasteiger partial charge in [0.05, 0.1) is 16.2 Å². The third-order valence-corrected chi connectivity index (χ3v) is 4.83. The number of aliphatic imine (C=N–C) groups is 1. The van der Waals surface area contributed by atoms with Gasteiger partial charge in [-0.2, -0.15) is 0 Å². The number of para-hydroxylation sites is 1. The van der Waals surface area contributed by atoms with Gasteiger partial charge in [0.15, 0.2) is 5.58 Å². The van der Waals surface area contributed by atoms with Crippen LogP contribution in [0.1, 0.15) is 5.56 Å². The zero-order valence-corrected chi connectivity index (χ0v) is 17.2. The highest BCUT2D eigenvalue weighted by molar-refractivity contribution is 14.1. The fraction of sp³-hybridized carbons (Fsp3) is 0. The molecule has 6 nitrogen and oxygen atoms in total. The second-order valence-electron chi connectivity index (χ2n) is 6.13. The Balaban J connectivity index is 1.55. The summed E-state index contributed by atoms with van der Waals surface area (Å²) in [5.41, 5.74) is 3.63. The van der Waals surface area contributed by atoms with Gasteiger partial charge in [0.25, 0.3) is 5.69 Å². The standard InChI is InChI=1S/C22H14IN3O3/c23-17-8-3-6-16(13-17)22-25-19-14-18(10-11-21(19)29-22)24-12-4-7-15-5-1-2-9-20(15)26(27)28/h1-14H/b7-4+,24-12?. The lowest BCUT2D eigenvalue weighted by atomic mass is 10.1. The minimum absolute atomic E-state index is 0.0595. The molecule has 1 heterocycles. The van der Waals surface area contributed by atoms with E-state index in [1.807, 2.05) is 42.5 Å². The van der Waals surface area contributed by atoms with Gasteiger partial charge in [-0.05, 0) is 77.2 Å². The summed E-state index contributed by atoms with van der Waals surface area (Å²) in [6, 6.07) is 20.0. The van der Waals surface area contributed by atoms with Crippen LogP contribution in [0.2, 0.25) is 0 Å². The Kier molecular flexibility index (Phi) is 5.48. The fourth-order valence-electron chi connectivity index (χ4n) is 2.81. The third kappa shape index (κ3) is 4.40. The summed E-state index contributed by atoms with van der Waals surface area (Å²) in [5, 5.41) is 11.0. The molecular formula is C22H14IN3O3. The molecule has 0 atom stereocenters. The lowest BCUT2D eigenvalue weighted by Gasteiger charge is -1.95. The molecule has 0 bridgehead atoms. The number of hydrogen-bond acceptors (Lipinski definition) is 5. The maximum atomic E-state index is 11.0. The first kappa shape index (κ1) is 19.0. The predicted octanol–water partition coefficient (Wildman–Crippen LogP) is 6.42. The lowest BCUT2D eigenvalue weighted by Crippen LogP contribution is -1.90. The molecule has 1 aromatic heterocycles. The monoisotopic (exact) mass is 495 g/mol. The van der Waals surface area contributed by atoms with Crippen molar-refractivity contribution in [3.63, 3.8) is 0 Å². The smallest absolute Gasteiger partial charge is 0.276 e. The molecule has 4 aromatic rings. The molecule has 0 spiro atoms. The molecule has 0 radical (unpaired) electrons. The van der Waals surface area contributed by atoms with Crippen molar-refractivity contribution in [1.29, 1.82) is 0 Å². The molecule has 0 saturated carbocycles. The number of nitro benzene ring substituents is 1. The van der Waals surface area contributed by atoms with Gasteiger partial charge in [0.1, 0.15) is 5.52 Å². The first-order chi connectivity index (χ1) is 14.1. The minimum atomic E-state index is -0.402. The normalized spacial score (nSPS) is 11.6. The van der Waals surface area contributed by atoms with Crippen molar-refractivity contribution in [2.24, 2.45) is 4.99 Å². The Labute approximate surface area is 179 Å². The van der Waals surface area contributed by atoms with Crippen LogP contribution in [-0.4, -0.2) is 16.1 Å². The van der Waals surface area contributed by atoms with E-state index in [0.717, 1.165) is 14.7 Å². The molecule has 0 N–H and O–H groups in total. The highest BCUT2D eigenvalue weighted by atomic mass is 127. The number of hydrogen-bond donors (Lipinski definition) is 0. The van der Waals surface area contributed by atoms with Crippen LogP contribution in [0.15, 0.2) is 82.2 Å². The van der Waals surface area contributed by atoms with Crippen LogP contribution in [0.3, 0.4) is 0 Å². The summed E-state index contributed by atoms with van der Waals surface area (Å²) in [6.45, 7) is 0. The zero-order valence-electron chi connectivity index (χ0n) is 15.0. The summed E-state index contributed by atoms with van der Waals surface area (Å²) in [4.78, 5) is 19.6. The SMILES string of the molecule is O=[N+]([O-])c1ccccc1/C=C/C=Nc1ccc2oc(-c3cccc(I)c3)nc2c1. The van der Waals surface area contributed by atoms with Gasteiger partial charge in [0.2, 0.25) is 5.89 Å². The van der Waals surface area contributed by atoms with Crippen molar-refractivity contribution in [2.75, 3.05) is 0 Å². The molecular weight excluding hydrogens is 481 g/mol. The molecule has 3 aromatic carbocycles. The van der Waals surface area contributed by atoms with Gasteiger partial charge < -0.3 is 4.42 Å². The average Bonchev–Trinajstić information content (AvgIpc) is 3.15. The van der Waals surface area contributed by atoms with Crippen LogP contribution in [0.4, 0.5) is 11.4 Å². The summed E-state index contributed by atoms with van der Waals surface area (Å²) >= 11 is 2.25. The van der Waals surface area contributed by atoms with E-state index in [2.05, 4.69) is 32.6 Å². The number of aromatic nitrogens is 1. The van der Waals surface area contributed by atoms with E-state index in [-0.39, 0.29) is 5.69 Å². The summed E-state index contributed by atoms with van der Waals surface area (Å²) < 4.78 is 6.95. The van der Waals surface area contributed by atoms with E-state index in [4.69, 9.17) is 4.42 Å². The maximum absolute atomic E-state index is 11.0. The van der Waals surface area contributed by atoms with Crippen LogP contribution in [0.5, 0.6) is 0 Å². The Morgan fingerprint density at radius 1 is 1.07 bits per heavy atom. The number of benzene rings is 3. The van der Waals surface area contributed by atoms with Gasteiger partial charge in [-0.25, -0.2) is 4.98 Å². The minimum Gasteiger partial charge on any atom is -0.436 e. The van der Waals surface area contributed by atoms with Crippen LogP contribution >= 0.6 is 22.6 Å². The lowest BCUT2D eigenvalue weighted by molar-refractivity contribution is -0.385. The Morgan fingerprint density at radius 3 is 2.76 bits per heavy atom. The number of halogens is 1. The van der Waals surface area contributed by atoms with E-state index in [1.165, 1.54) is 6.07 Å². The first-order valence-corrected chi connectivity index (χ1v) is 9.79. The van der Waals surface area contributed by atoms with Crippen molar-refractivity contribution >= 4 is 57.4 Å². The Bertz CT molecular complexity index is 1260. The van der Waals surface area contributed by atoms with Crippen molar-refractivity contribution in [3.8, 4) is 11.5 Å². The molecule has 0 aliphatic carbocycles. The number of rotatable bonds is 5. The van der Waals surface area contributed by atoms with E-state index in [0.29, 0.717) is 22.7 Å². The third-order valence-electron chi connectivity index (χ3n) is 4.16. The molecule has 7 heteroatoms. The van der Waals surface area contributed by atoms with E-state index in [1.54, 1.807) is 36.6 Å². The van der Waals surface area contributed by atoms with E-state index in [9.17, 15) is 10.1 Å². The number of oxazole rings is 1. The zero-order chi connectivity index (χ0) is 20.2. The second kappa shape index (κ2) is 8.36. The topological polar surface area (TPSA) is 81.5 Å². The van der Waals surface area contributed by atoms with Crippen LogP contribution < -0.4 is 0 Å².